The molecule has 8 nitrogen and oxygen atoms in total. The Labute approximate surface area is 103 Å². The molecular formula is C10H14N4O4. The number of hydrogen-bond acceptors (Lipinski definition) is 5. The van der Waals surface area contributed by atoms with Crippen LogP contribution in [0.25, 0.3) is 0 Å². The van der Waals surface area contributed by atoms with Gasteiger partial charge in [0.25, 0.3) is 0 Å². The molecule has 1 amide bonds. The summed E-state index contributed by atoms with van der Waals surface area (Å²) in [5.74, 6) is 0.189. The number of carbonyl (C=O) groups is 1. The van der Waals surface area contributed by atoms with Gasteiger partial charge in [-0.25, -0.2) is 9.48 Å². The highest BCUT2D eigenvalue weighted by molar-refractivity contribution is 5.90. The van der Waals surface area contributed by atoms with E-state index in [-0.39, 0.29) is 11.5 Å². The Kier molecular flexibility index (Phi) is 2.72. The first-order valence-corrected chi connectivity index (χ1v) is 5.50. The quantitative estimate of drug-likeness (QED) is 0.560. The summed E-state index contributed by atoms with van der Waals surface area (Å²) in [6.45, 7) is 5.99. The van der Waals surface area contributed by atoms with Gasteiger partial charge in [0.2, 0.25) is 5.82 Å². The van der Waals surface area contributed by atoms with Crippen molar-refractivity contribution in [3.8, 4) is 0 Å². The van der Waals surface area contributed by atoms with Crippen molar-refractivity contribution in [2.75, 3.05) is 11.4 Å². The van der Waals surface area contributed by atoms with E-state index in [0.717, 1.165) is 6.20 Å². The van der Waals surface area contributed by atoms with Crippen molar-refractivity contribution in [3.05, 3.63) is 16.3 Å². The lowest BCUT2D eigenvalue weighted by Gasteiger charge is -2.23. The molecule has 18 heavy (non-hydrogen) atoms. The molecule has 0 bridgehead atoms. The summed E-state index contributed by atoms with van der Waals surface area (Å²) in [5, 5.41) is 14.7. The van der Waals surface area contributed by atoms with E-state index in [1.807, 2.05) is 0 Å². The van der Waals surface area contributed by atoms with E-state index in [4.69, 9.17) is 4.74 Å². The van der Waals surface area contributed by atoms with Gasteiger partial charge in [0.05, 0.1) is 18.0 Å². The van der Waals surface area contributed by atoms with Crippen molar-refractivity contribution in [2.24, 2.45) is 0 Å². The minimum atomic E-state index is -0.640. The first-order chi connectivity index (χ1) is 8.29. The number of amides is 1. The van der Waals surface area contributed by atoms with Crippen molar-refractivity contribution >= 4 is 17.6 Å². The maximum atomic E-state index is 11.9. The topological polar surface area (TPSA) is 90.5 Å². The van der Waals surface area contributed by atoms with Gasteiger partial charge >= 0.3 is 11.8 Å². The number of hydrogen-bond donors (Lipinski definition) is 0. The number of aromatic nitrogens is 2. The molecule has 0 N–H and O–H groups in total. The van der Waals surface area contributed by atoms with Gasteiger partial charge in [-0.15, -0.1) is 0 Å². The highest BCUT2D eigenvalue weighted by Crippen LogP contribution is 2.32. The molecule has 1 aromatic rings. The Bertz CT molecular complexity index is 502. The minimum absolute atomic E-state index is 0.182. The van der Waals surface area contributed by atoms with E-state index in [1.54, 1.807) is 20.8 Å². The van der Waals surface area contributed by atoms with Crippen LogP contribution in [0.2, 0.25) is 0 Å². The van der Waals surface area contributed by atoms with E-state index < -0.39 is 16.6 Å². The average Bonchev–Trinajstić information content (AvgIpc) is 2.71. The van der Waals surface area contributed by atoms with Gasteiger partial charge in [-0.05, 0) is 20.8 Å². The monoisotopic (exact) mass is 254 g/mol. The van der Waals surface area contributed by atoms with Crippen molar-refractivity contribution < 1.29 is 14.5 Å². The van der Waals surface area contributed by atoms with E-state index >= 15 is 0 Å². The Balaban J connectivity index is 2.28. The van der Waals surface area contributed by atoms with Gasteiger partial charge in [0.15, 0.2) is 0 Å². The molecule has 0 saturated heterocycles. The summed E-state index contributed by atoms with van der Waals surface area (Å²) in [7, 11) is 0. The summed E-state index contributed by atoms with van der Waals surface area (Å²) >= 11 is 0. The zero-order chi connectivity index (χ0) is 13.5. The van der Waals surface area contributed by atoms with E-state index in [2.05, 4.69) is 5.10 Å². The van der Waals surface area contributed by atoms with Gasteiger partial charge in [-0.3, -0.25) is 15.0 Å². The van der Waals surface area contributed by atoms with Crippen LogP contribution in [0.3, 0.4) is 0 Å². The third-order valence-electron chi connectivity index (χ3n) is 2.39. The van der Waals surface area contributed by atoms with Gasteiger partial charge in [-0.1, -0.05) is 0 Å². The van der Waals surface area contributed by atoms with Crippen LogP contribution in [0, 0.1) is 10.1 Å². The minimum Gasteiger partial charge on any atom is -0.443 e. The van der Waals surface area contributed by atoms with Crippen molar-refractivity contribution in [3.63, 3.8) is 0 Å². The number of carbonyl (C=O) groups excluding carboxylic acids is 1. The van der Waals surface area contributed by atoms with E-state index in [0.29, 0.717) is 13.1 Å². The molecule has 1 aliphatic rings. The first-order valence-electron chi connectivity index (χ1n) is 5.50. The molecule has 98 valence electrons. The van der Waals surface area contributed by atoms with Crippen LogP contribution in [-0.4, -0.2) is 32.9 Å². The summed E-state index contributed by atoms with van der Waals surface area (Å²) in [6, 6.07) is 0. The second kappa shape index (κ2) is 3.97. The fourth-order valence-corrected chi connectivity index (χ4v) is 1.73. The standard InChI is InChI=1S/C10H14N4O4/c1-10(2,3)18-9(15)12-4-5-13-8(12)7(6-11-13)14(16)17/h6H,4-5H2,1-3H3. The van der Waals surface area contributed by atoms with Gasteiger partial charge in [0, 0.05) is 0 Å². The highest BCUT2D eigenvalue weighted by Gasteiger charge is 2.36. The predicted molar refractivity (Wildman–Crippen MR) is 62.5 cm³/mol. The molecule has 0 saturated carbocycles. The van der Waals surface area contributed by atoms with Crippen LogP contribution in [0.1, 0.15) is 20.8 Å². The second-order valence-corrected chi connectivity index (χ2v) is 4.97. The molecule has 0 radical (unpaired) electrons. The normalized spacial score (nSPS) is 14.5. The molecular weight excluding hydrogens is 240 g/mol. The average molecular weight is 254 g/mol. The van der Waals surface area contributed by atoms with E-state index in [1.165, 1.54) is 9.58 Å². The molecule has 1 aliphatic heterocycles. The fraction of sp³-hybridized carbons (Fsp3) is 0.600. The van der Waals surface area contributed by atoms with Crippen molar-refractivity contribution in [2.45, 2.75) is 32.9 Å². The maximum absolute atomic E-state index is 11.9. The van der Waals surface area contributed by atoms with Gasteiger partial charge in [-0.2, -0.15) is 5.10 Å². The molecule has 8 heteroatoms. The number of anilines is 1. The second-order valence-electron chi connectivity index (χ2n) is 4.97. The Morgan fingerprint density at radius 3 is 2.72 bits per heavy atom. The number of nitrogens with zero attached hydrogens (tertiary/aromatic N) is 4. The number of rotatable bonds is 1. The molecule has 0 aromatic carbocycles. The van der Waals surface area contributed by atoms with Crippen LogP contribution in [0.15, 0.2) is 6.20 Å². The van der Waals surface area contributed by atoms with Crippen LogP contribution < -0.4 is 4.90 Å². The van der Waals surface area contributed by atoms with Gasteiger partial charge < -0.3 is 4.74 Å². The van der Waals surface area contributed by atoms with Crippen LogP contribution in [0.4, 0.5) is 16.3 Å². The number of ether oxygens (including phenoxy) is 1. The highest BCUT2D eigenvalue weighted by atomic mass is 16.6. The lowest BCUT2D eigenvalue weighted by Crippen LogP contribution is -2.35. The van der Waals surface area contributed by atoms with Crippen molar-refractivity contribution in [1.82, 2.24) is 9.78 Å². The molecule has 0 spiro atoms. The molecule has 0 unspecified atom stereocenters. The van der Waals surface area contributed by atoms with Crippen LogP contribution in [0.5, 0.6) is 0 Å². The third-order valence-corrected chi connectivity index (χ3v) is 2.39. The smallest absolute Gasteiger partial charge is 0.416 e. The first kappa shape index (κ1) is 12.3. The largest absolute Gasteiger partial charge is 0.443 e. The molecule has 1 aromatic heterocycles. The molecule has 0 aliphatic carbocycles. The summed E-state index contributed by atoms with van der Waals surface area (Å²) in [6.07, 6.45) is 0.552. The molecule has 2 heterocycles. The maximum Gasteiger partial charge on any atom is 0.416 e. The summed E-state index contributed by atoms with van der Waals surface area (Å²) in [4.78, 5) is 23.5. The third kappa shape index (κ3) is 2.13. The molecule has 0 fully saturated rings. The van der Waals surface area contributed by atoms with Crippen LogP contribution >= 0.6 is 0 Å². The lowest BCUT2D eigenvalue weighted by molar-refractivity contribution is -0.384. The Hall–Kier alpha value is -2.12. The number of nitro groups is 1. The van der Waals surface area contributed by atoms with Crippen LogP contribution in [-0.2, 0) is 11.3 Å². The van der Waals surface area contributed by atoms with E-state index in [9.17, 15) is 14.9 Å². The fourth-order valence-electron chi connectivity index (χ4n) is 1.73. The van der Waals surface area contributed by atoms with Gasteiger partial charge in [0.1, 0.15) is 11.8 Å². The zero-order valence-corrected chi connectivity index (χ0v) is 10.4. The Morgan fingerprint density at radius 2 is 2.17 bits per heavy atom. The lowest BCUT2D eigenvalue weighted by atomic mass is 10.2. The molecule has 0 atom stereocenters. The summed E-state index contributed by atoms with van der Waals surface area (Å²) < 4.78 is 6.64. The number of fused-ring (bicyclic) bond motifs is 1. The predicted octanol–water partition coefficient (Wildman–Crippen LogP) is 1.55. The molecule has 2 rings (SSSR count). The summed E-state index contributed by atoms with van der Waals surface area (Å²) in [5.41, 5.74) is -0.822. The SMILES string of the molecule is CC(C)(C)OC(=O)N1CCn2ncc([N+](=O)[O-])c21. The Morgan fingerprint density at radius 1 is 1.50 bits per heavy atom. The van der Waals surface area contributed by atoms with Crippen molar-refractivity contribution in [1.29, 1.82) is 0 Å². The zero-order valence-electron chi connectivity index (χ0n) is 10.4.